The van der Waals surface area contributed by atoms with Crippen molar-refractivity contribution in [1.29, 1.82) is 0 Å². The van der Waals surface area contributed by atoms with E-state index in [0.29, 0.717) is 12.3 Å². The minimum Gasteiger partial charge on any atom is -0.350 e. The Balaban J connectivity index is 1.73. The summed E-state index contributed by atoms with van der Waals surface area (Å²) in [5.41, 5.74) is 0.871. The van der Waals surface area contributed by atoms with Gasteiger partial charge >= 0.3 is 0 Å². The molecule has 4 heteroatoms. The predicted octanol–water partition coefficient (Wildman–Crippen LogP) is 2.49. The first-order valence-electron chi connectivity index (χ1n) is 5.69. The zero-order valence-corrected chi connectivity index (χ0v) is 10.7. The lowest BCUT2D eigenvalue weighted by atomic mass is 10.3. The molecule has 2 aromatic rings. The van der Waals surface area contributed by atoms with Gasteiger partial charge in [0.15, 0.2) is 0 Å². The highest BCUT2D eigenvalue weighted by atomic mass is 32.2. The second-order valence-electron chi connectivity index (χ2n) is 3.70. The topological polar surface area (TPSA) is 42.0 Å². The molecule has 0 fully saturated rings. The van der Waals surface area contributed by atoms with Crippen molar-refractivity contribution in [2.75, 3.05) is 5.75 Å². The van der Waals surface area contributed by atoms with E-state index in [9.17, 15) is 4.79 Å². The van der Waals surface area contributed by atoms with Crippen LogP contribution >= 0.6 is 11.8 Å². The van der Waals surface area contributed by atoms with E-state index in [1.807, 2.05) is 48.5 Å². The van der Waals surface area contributed by atoms with Gasteiger partial charge in [-0.3, -0.25) is 9.78 Å². The van der Waals surface area contributed by atoms with Crippen LogP contribution in [0.3, 0.4) is 0 Å². The third-order valence-corrected chi connectivity index (χ3v) is 3.32. The lowest BCUT2D eigenvalue weighted by Gasteiger charge is -2.04. The molecule has 0 bridgehead atoms. The molecule has 1 aromatic carbocycles. The molecule has 2 rings (SSSR count). The van der Waals surface area contributed by atoms with Crippen LogP contribution in [-0.2, 0) is 11.3 Å². The Bertz CT molecular complexity index is 442. The van der Waals surface area contributed by atoms with Crippen molar-refractivity contribution in [2.24, 2.45) is 0 Å². The standard InChI is InChI=1S/C14H14N2OS/c17-14(11-18-13-7-2-1-3-8-13)16-10-12-6-4-5-9-15-12/h1-9H,10-11H2,(H,16,17). The van der Waals surface area contributed by atoms with E-state index in [2.05, 4.69) is 10.3 Å². The van der Waals surface area contributed by atoms with Gasteiger partial charge in [-0.05, 0) is 24.3 Å². The monoisotopic (exact) mass is 258 g/mol. The van der Waals surface area contributed by atoms with Crippen molar-refractivity contribution in [3.05, 3.63) is 60.4 Å². The maximum Gasteiger partial charge on any atom is 0.230 e. The molecule has 0 unspecified atom stereocenters. The molecular formula is C14H14N2OS. The molecule has 1 N–H and O–H groups in total. The van der Waals surface area contributed by atoms with Crippen LogP contribution in [0.2, 0.25) is 0 Å². The first kappa shape index (κ1) is 12.6. The van der Waals surface area contributed by atoms with Crippen LogP contribution in [-0.4, -0.2) is 16.6 Å². The molecule has 3 nitrogen and oxygen atoms in total. The van der Waals surface area contributed by atoms with Crippen molar-refractivity contribution in [3.63, 3.8) is 0 Å². The summed E-state index contributed by atoms with van der Waals surface area (Å²) in [5.74, 6) is 0.450. The fourth-order valence-electron chi connectivity index (χ4n) is 1.41. The molecule has 0 radical (unpaired) electrons. The molecule has 0 aliphatic heterocycles. The lowest BCUT2D eigenvalue weighted by Crippen LogP contribution is -2.24. The number of thioether (sulfide) groups is 1. The molecular weight excluding hydrogens is 244 g/mol. The van der Waals surface area contributed by atoms with Gasteiger partial charge < -0.3 is 5.32 Å². The van der Waals surface area contributed by atoms with Gasteiger partial charge in [-0.1, -0.05) is 24.3 Å². The van der Waals surface area contributed by atoms with E-state index in [1.165, 1.54) is 11.8 Å². The van der Waals surface area contributed by atoms with Crippen LogP contribution in [0, 0.1) is 0 Å². The number of rotatable bonds is 5. The Morgan fingerprint density at radius 2 is 1.89 bits per heavy atom. The van der Waals surface area contributed by atoms with Crippen molar-refractivity contribution in [2.45, 2.75) is 11.4 Å². The van der Waals surface area contributed by atoms with Crippen LogP contribution in [0.5, 0.6) is 0 Å². The molecule has 0 saturated carbocycles. The largest absolute Gasteiger partial charge is 0.350 e. The average Bonchev–Trinajstić information content (AvgIpc) is 2.45. The summed E-state index contributed by atoms with van der Waals surface area (Å²) >= 11 is 1.53. The number of nitrogens with zero attached hydrogens (tertiary/aromatic N) is 1. The quantitative estimate of drug-likeness (QED) is 0.838. The minimum absolute atomic E-state index is 0.0227. The second-order valence-corrected chi connectivity index (χ2v) is 4.75. The number of amides is 1. The fraction of sp³-hybridized carbons (Fsp3) is 0.143. The molecule has 1 aromatic heterocycles. The summed E-state index contributed by atoms with van der Waals surface area (Å²) in [6.45, 7) is 0.481. The Labute approximate surface area is 111 Å². The normalized spacial score (nSPS) is 10.0. The third-order valence-electron chi connectivity index (χ3n) is 2.31. The smallest absolute Gasteiger partial charge is 0.230 e. The summed E-state index contributed by atoms with van der Waals surface area (Å²) in [7, 11) is 0. The summed E-state index contributed by atoms with van der Waals surface area (Å²) in [5, 5.41) is 2.85. The molecule has 18 heavy (non-hydrogen) atoms. The van der Waals surface area contributed by atoms with Crippen LogP contribution in [0.1, 0.15) is 5.69 Å². The molecule has 0 atom stereocenters. The van der Waals surface area contributed by atoms with Crippen LogP contribution in [0.4, 0.5) is 0 Å². The second kappa shape index (κ2) is 6.81. The Morgan fingerprint density at radius 1 is 1.11 bits per heavy atom. The molecule has 0 saturated heterocycles. The zero-order valence-electron chi connectivity index (χ0n) is 9.87. The number of aromatic nitrogens is 1. The maximum atomic E-state index is 11.6. The molecule has 0 aliphatic rings. The Kier molecular flexibility index (Phi) is 4.78. The van der Waals surface area contributed by atoms with Gasteiger partial charge in [0.05, 0.1) is 18.0 Å². The van der Waals surface area contributed by atoms with Crippen molar-refractivity contribution in [3.8, 4) is 0 Å². The highest BCUT2D eigenvalue weighted by Crippen LogP contribution is 2.16. The SMILES string of the molecule is O=C(CSc1ccccc1)NCc1ccccn1. The van der Waals surface area contributed by atoms with Crippen LogP contribution in [0.25, 0.3) is 0 Å². The maximum absolute atomic E-state index is 11.6. The van der Waals surface area contributed by atoms with Gasteiger partial charge in [0, 0.05) is 11.1 Å². The highest BCUT2D eigenvalue weighted by molar-refractivity contribution is 8.00. The third kappa shape index (κ3) is 4.22. The van der Waals surface area contributed by atoms with Gasteiger partial charge in [0.1, 0.15) is 0 Å². The summed E-state index contributed by atoms with van der Waals surface area (Å²) in [6, 6.07) is 15.6. The van der Waals surface area contributed by atoms with Gasteiger partial charge in [0.2, 0.25) is 5.91 Å². The molecule has 0 spiro atoms. The van der Waals surface area contributed by atoms with Crippen molar-refractivity contribution >= 4 is 17.7 Å². The lowest BCUT2D eigenvalue weighted by molar-refractivity contribution is -0.118. The number of benzene rings is 1. The minimum atomic E-state index is 0.0227. The first-order chi connectivity index (χ1) is 8.84. The Morgan fingerprint density at radius 3 is 2.61 bits per heavy atom. The molecule has 92 valence electrons. The average molecular weight is 258 g/mol. The van der Waals surface area contributed by atoms with Crippen molar-refractivity contribution < 1.29 is 4.79 Å². The van der Waals surface area contributed by atoms with E-state index in [-0.39, 0.29) is 5.91 Å². The van der Waals surface area contributed by atoms with E-state index in [1.54, 1.807) is 6.20 Å². The van der Waals surface area contributed by atoms with Gasteiger partial charge in [0.25, 0.3) is 0 Å². The van der Waals surface area contributed by atoms with E-state index < -0.39 is 0 Å². The van der Waals surface area contributed by atoms with Gasteiger partial charge in [-0.25, -0.2) is 0 Å². The number of nitrogens with one attached hydrogen (secondary N) is 1. The number of carbonyl (C=O) groups is 1. The molecule has 1 heterocycles. The van der Waals surface area contributed by atoms with Crippen molar-refractivity contribution in [1.82, 2.24) is 10.3 Å². The highest BCUT2D eigenvalue weighted by Gasteiger charge is 2.02. The summed E-state index contributed by atoms with van der Waals surface area (Å²) in [4.78, 5) is 16.9. The van der Waals surface area contributed by atoms with Gasteiger partial charge in [-0.2, -0.15) is 0 Å². The predicted molar refractivity (Wildman–Crippen MR) is 73.2 cm³/mol. The van der Waals surface area contributed by atoms with E-state index >= 15 is 0 Å². The Hall–Kier alpha value is -1.81. The zero-order chi connectivity index (χ0) is 12.6. The number of hydrogen-bond acceptors (Lipinski definition) is 3. The fourth-order valence-corrected chi connectivity index (χ4v) is 2.16. The summed E-state index contributed by atoms with van der Waals surface area (Å²) < 4.78 is 0. The first-order valence-corrected chi connectivity index (χ1v) is 6.67. The molecule has 1 amide bonds. The van der Waals surface area contributed by atoms with Crippen LogP contribution in [0.15, 0.2) is 59.6 Å². The number of pyridine rings is 1. The van der Waals surface area contributed by atoms with E-state index in [4.69, 9.17) is 0 Å². The summed E-state index contributed by atoms with van der Waals surface area (Å²) in [6.07, 6.45) is 1.72. The molecule has 0 aliphatic carbocycles. The van der Waals surface area contributed by atoms with Gasteiger partial charge in [-0.15, -0.1) is 11.8 Å². The van der Waals surface area contributed by atoms with E-state index in [0.717, 1.165) is 10.6 Å². The number of carbonyl (C=O) groups excluding carboxylic acids is 1. The van der Waals surface area contributed by atoms with Crippen LogP contribution < -0.4 is 5.32 Å². The number of hydrogen-bond donors (Lipinski definition) is 1.